The van der Waals surface area contributed by atoms with Gasteiger partial charge < -0.3 is 20.5 Å². The first-order valence-corrected chi connectivity index (χ1v) is 6.19. The van der Waals surface area contributed by atoms with Gasteiger partial charge in [0.05, 0.1) is 11.5 Å². The number of piperidine rings is 1. The van der Waals surface area contributed by atoms with Crippen molar-refractivity contribution in [3.05, 3.63) is 0 Å². The van der Waals surface area contributed by atoms with Crippen LogP contribution in [0.25, 0.3) is 0 Å². The van der Waals surface area contributed by atoms with E-state index in [1.165, 1.54) is 0 Å². The number of nitrogens with zero attached hydrogens (tertiary/aromatic N) is 1. The predicted octanol–water partition coefficient (Wildman–Crippen LogP) is 0.0635. The van der Waals surface area contributed by atoms with Gasteiger partial charge in [-0.2, -0.15) is 0 Å². The maximum Gasteiger partial charge on any atom is 0.329 e. The molecule has 6 nitrogen and oxygen atoms in total. The minimum absolute atomic E-state index is 0.0571. The minimum atomic E-state index is -0.960. The average molecular weight is 258 g/mol. The summed E-state index contributed by atoms with van der Waals surface area (Å²) in [4.78, 5) is 24.3. The van der Waals surface area contributed by atoms with Crippen molar-refractivity contribution in [2.24, 2.45) is 11.1 Å². The topological polar surface area (TPSA) is 92.9 Å². The number of carboxylic acid groups (broad SMARTS) is 1. The second kappa shape index (κ2) is 6.15. The predicted molar refractivity (Wildman–Crippen MR) is 66.0 cm³/mol. The second-order valence-corrected chi connectivity index (χ2v) is 5.28. The number of aliphatic carboxylic acids is 1. The molecule has 1 fully saturated rings. The summed E-state index contributed by atoms with van der Waals surface area (Å²) in [6.45, 7) is 4.93. The number of carbonyl (C=O) groups excluding carboxylic acids is 1. The van der Waals surface area contributed by atoms with E-state index in [-0.39, 0.29) is 18.6 Å². The molecule has 1 heterocycles. The summed E-state index contributed by atoms with van der Waals surface area (Å²) in [5.74, 6) is -0.903. The van der Waals surface area contributed by atoms with Gasteiger partial charge in [-0.1, -0.05) is 0 Å². The van der Waals surface area contributed by atoms with Crippen LogP contribution in [0.1, 0.15) is 26.7 Å². The molecule has 0 bridgehead atoms. The largest absolute Gasteiger partial charge is 0.480 e. The molecule has 1 aliphatic heterocycles. The normalized spacial score (nSPS) is 17.8. The van der Waals surface area contributed by atoms with Crippen molar-refractivity contribution in [2.75, 3.05) is 26.2 Å². The Bertz CT molecular complexity index is 309. The molecule has 1 rings (SSSR count). The van der Waals surface area contributed by atoms with Crippen molar-refractivity contribution < 1.29 is 19.4 Å². The quantitative estimate of drug-likeness (QED) is 0.727. The van der Waals surface area contributed by atoms with Gasteiger partial charge in [-0.05, 0) is 26.7 Å². The van der Waals surface area contributed by atoms with Crippen molar-refractivity contribution in [1.82, 2.24) is 4.90 Å². The van der Waals surface area contributed by atoms with Gasteiger partial charge in [-0.15, -0.1) is 0 Å². The molecule has 0 radical (unpaired) electrons. The number of nitrogens with two attached hydrogens (primary N) is 1. The van der Waals surface area contributed by atoms with E-state index in [4.69, 9.17) is 15.6 Å². The highest BCUT2D eigenvalue weighted by molar-refractivity contribution is 5.82. The fourth-order valence-electron chi connectivity index (χ4n) is 1.93. The Morgan fingerprint density at radius 2 is 1.94 bits per heavy atom. The lowest BCUT2D eigenvalue weighted by Gasteiger charge is -2.36. The molecule has 104 valence electrons. The number of ether oxygens (including phenoxy) is 1. The van der Waals surface area contributed by atoms with E-state index in [1.54, 1.807) is 4.90 Å². The maximum absolute atomic E-state index is 12.1. The van der Waals surface area contributed by atoms with Gasteiger partial charge in [-0.25, -0.2) is 4.79 Å². The van der Waals surface area contributed by atoms with Gasteiger partial charge >= 0.3 is 5.97 Å². The number of hydrogen-bond acceptors (Lipinski definition) is 4. The first-order chi connectivity index (χ1) is 8.36. The van der Waals surface area contributed by atoms with Gasteiger partial charge in [0.25, 0.3) is 0 Å². The van der Waals surface area contributed by atoms with Crippen LogP contribution in [0.3, 0.4) is 0 Å². The van der Waals surface area contributed by atoms with Crippen LogP contribution < -0.4 is 5.73 Å². The third-order valence-electron chi connectivity index (χ3n) is 3.26. The van der Waals surface area contributed by atoms with E-state index in [1.807, 2.05) is 13.8 Å². The van der Waals surface area contributed by atoms with Crippen molar-refractivity contribution >= 4 is 11.9 Å². The van der Waals surface area contributed by atoms with Gasteiger partial charge in [0.15, 0.2) is 0 Å². The first kappa shape index (κ1) is 14.9. The molecule has 6 heteroatoms. The summed E-state index contributed by atoms with van der Waals surface area (Å²) in [6, 6.07) is 0. The van der Waals surface area contributed by atoms with E-state index in [9.17, 15) is 9.59 Å². The van der Waals surface area contributed by atoms with Crippen LogP contribution in [0.15, 0.2) is 0 Å². The van der Waals surface area contributed by atoms with Crippen LogP contribution in [-0.4, -0.2) is 54.2 Å². The van der Waals surface area contributed by atoms with Gasteiger partial charge in [0.2, 0.25) is 5.91 Å². The Balaban J connectivity index is 2.39. The fraction of sp³-hybridized carbons (Fsp3) is 0.833. The standard InChI is InChI=1S/C12H22N2O4/c1-12(2,8-13)11(17)14-5-3-9(4-6-14)18-7-10(15)16/h9H,3-8,13H2,1-2H3,(H,15,16). The van der Waals surface area contributed by atoms with Crippen LogP contribution in [0, 0.1) is 5.41 Å². The van der Waals surface area contributed by atoms with E-state index in [0.29, 0.717) is 32.5 Å². The van der Waals surface area contributed by atoms with Crippen molar-refractivity contribution in [1.29, 1.82) is 0 Å². The molecular weight excluding hydrogens is 236 g/mol. The third kappa shape index (κ3) is 3.96. The summed E-state index contributed by atoms with van der Waals surface area (Å²) in [7, 11) is 0. The number of carbonyl (C=O) groups is 2. The van der Waals surface area contributed by atoms with Crippen molar-refractivity contribution in [2.45, 2.75) is 32.8 Å². The Morgan fingerprint density at radius 1 is 1.39 bits per heavy atom. The monoisotopic (exact) mass is 258 g/mol. The molecule has 1 saturated heterocycles. The molecule has 0 unspecified atom stereocenters. The molecule has 3 N–H and O–H groups in total. The molecule has 0 aromatic carbocycles. The van der Waals surface area contributed by atoms with E-state index in [2.05, 4.69) is 0 Å². The van der Waals surface area contributed by atoms with Crippen LogP contribution in [0.2, 0.25) is 0 Å². The number of amides is 1. The fourth-order valence-corrected chi connectivity index (χ4v) is 1.93. The first-order valence-electron chi connectivity index (χ1n) is 6.19. The summed E-state index contributed by atoms with van der Waals surface area (Å²) in [6.07, 6.45) is 1.30. The maximum atomic E-state index is 12.1. The third-order valence-corrected chi connectivity index (χ3v) is 3.26. The average Bonchev–Trinajstić information content (AvgIpc) is 2.36. The number of carboxylic acids is 1. The minimum Gasteiger partial charge on any atom is -0.480 e. The molecule has 0 aromatic heterocycles. The Hall–Kier alpha value is -1.14. The highest BCUT2D eigenvalue weighted by atomic mass is 16.5. The lowest BCUT2D eigenvalue weighted by atomic mass is 9.91. The smallest absolute Gasteiger partial charge is 0.329 e. The number of rotatable bonds is 5. The second-order valence-electron chi connectivity index (χ2n) is 5.28. The van der Waals surface area contributed by atoms with Gasteiger partial charge in [-0.3, -0.25) is 4.79 Å². The molecule has 0 saturated carbocycles. The highest BCUT2D eigenvalue weighted by Crippen LogP contribution is 2.21. The Morgan fingerprint density at radius 3 is 2.39 bits per heavy atom. The zero-order valence-corrected chi connectivity index (χ0v) is 11.0. The SMILES string of the molecule is CC(C)(CN)C(=O)N1CCC(OCC(=O)O)CC1. The molecule has 1 aliphatic rings. The van der Waals surface area contributed by atoms with Crippen LogP contribution >= 0.6 is 0 Å². The summed E-state index contributed by atoms with van der Waals surface area (Å²) < 4.78 is 5.22. The molecule has 0 aromatic rings. The number of hydrogen-bond donors (Lipinski definition) is 2. The van der Waals surface area contributed by atoms with Crippen LogP contribution in [-0.2, 0) is 14.3 Å². The summed E-state index contributed by atoms with van der Waals surface area (Å²) >= 11 is 0. The van der Waals surface area contributed by atoms with Crippen LogP contribution in [0.4, 0.5) is 0 Å². The molecular formula is C12H22N2O4. The Kier molecular flexibility index (Phi) is 5.10. The highest BCUT2D eigenvalue weighted by Gasteiger charge is 2.33. The van der Waals surface area contributed by atoms with Gasteiger partial charge in [0.1, 0.15) is 6.61 Å². The lowest BCUT2D eigenvalue weighted by molar-refractivity contribution is -0.148. The Labute approximate surface area is 107 Å². The summed E-state index contributed by atoms with van der Waals surface area (Å²) in [5.41, 5.74) is 5.05. The summed E-state index contributed by atoms with van der Waals surface area (Å²) in [5, 5.41) is 8.52. The zero-order chi connectivity index (χ0) is 13.8. The number of likely N-dealkylation sites (tertiary alicyclic amines) is 1. The van der Waals surface area contributed by atoms with Crippen LogP contribution in [0.5, 0.6) is 0 Å². The van der Waals surface area contributed by atoms with Gasteiger partial charge in [0, 0.05) is 19.6 Å². The molecule has 0 aliphatic carbocycles. The van der Waals surface area contributed by atoms with Crippen molar-refractivity contribution in [3.63, 3.8) is 0 Å². The molecule has 1 amide bonds. The van der Waals surface area contributed by atoms with E-state index in [0.717, 1.165) is 0 Å². The van der Waals surface area contributed by atoms with E-state index < -0.39 is 11.4 Å². The molecule has 18 heavy (non-hydrogen) atoms. The van der Waals surface area contributed by atoms with Crippen molar-refractivity contribution in [3.8, 4) is 0 Å². The lowest BCUT2D eigenvalue weighted by Crippen LogP contribution is -2.49. The van der Waals surface area contributed by atoms with E-state index >= 15 is 0 Å². The molecule has 0 atom stereocenters. The zero-order valence-electron chi connectivity index (χ0n) is 11.0. The molecule has 0 spiro atoms.